The van der Waals surface area contributed by atoms with Crippen molar-refractivity contribution in [1.82, 2.24) is 15.2 Å². The van der Waals surface area contributed by atoms with Crippen LogP contribution in [0, 0.1) is 5.41 Å². The van der Waals surface area contributed by atoms with Crippen LogP contribution in [0.5, 0.6) is 0 Å². The molecule has 1 aliphatic heterocycles. The Kier molecular flexibility index (Phi) is 4.33. The van der Waals surface area contributed by atoms with Crippen LogP contribution in [0.2, 0.25) is 0 Å². The Hall–Kier alpha value is -1.96. The van der Waals surface area contributed by atoms with Gasteiger partial charge in [-0.15, -0.1) is 11.3 Å². The summed E-state index contributed by atoms with van der Waals surface area (Å²) in [5.41, 5.74) is 0.734. The van der Waals surface area contributed by atoms with Crippen molar-refractivity contribution in [3.8, 4) is 0 Å². The minimum absolute atomic E-state index is 0.0837. The van der Waals surface area contributed by atoms with E-state index in [2.05, 4.69) is 24.1 Å². The summed E-state index contributed by atoms with van der Waals surface area (Å²) in [6.45, 7) is 6.32. The minimum Gasteiger partial charge on any atom is -0.439 e. The second kappa shape index (κ2) is 6.16. The summed E-state index contributed by atoms with van der Waals surface area (Å²) < 4.78 is 5.29. The molecule has 1 aliphatic carbocycles. The lowest BCUT2D eigenvalue weighted by Crippen LogP contribution is -2.36. The Morgan fingerprint density at radius 2 is 2.17 bits per heavy atom. The number of nitrogens with zero attached hydrogens (tertiary/aromatic N) is 2. The van der Waals surface area contributed by atoms with E-state index in [0.717, 1.165) is 12.1 Å². The number of thiazole rings is 1. The van der Waals surface area contributed by atoms with Gasteiger partial charge in [0, 0.05) is 12.8 Å². The number of ketones is 1. The summed E-state index contributed by atoms with van der Waals surface area (Å²) in [5, 5.41) is 3.37. The number of hydrogen-bond donors (Lipinski definition) is 1. The van der Waals surface area contributed by atoms with Crippen LogP contribution in [-0.4, -0.2) is 40.4 Å². The third kappa shape index (κ3) is 3.28. The van der Waals surface area contributed by atoms with E-state index < -0.39 is 6.23 Å². The summed E-state index contributed by atoms with van der Waals surface area (Å²) >= 11 is 1.34. The smallest absolute Gasteiger partial charge is 0.320 e. The maximum Gasteiger partial charge on any atom is 0.320 e. The normalized spacial score (nSPS) is 22.3. The fourth-order valence-corrected chi connectivity index (χ4v) is 4.03. The molecule has 2 amide bonds. The van der Waals surface area contributed by atoms with Crippen molar-refractivity contribution in [2.75, 3.05) is 6.54 Å². The molecule has 1 saturated heterocycles. The molecule has 24 heavy (non-hydrogen) atoms. The first-order valence-corrected chi connectivity index (χ1v) is 8.86. The predicted octanol–water partition coefficient (Wildman–Crippen LogP) is 2.10. The van der Waals surface area contributed by atoms with Gasteiger partial charge in [0.15, 0.2) is 12.0 Å². The summed E-state index contributed by atoms with van der Waals surface area (Å²) in [6, 6.07) is -0.288. The van der Waals surface area contributed by atoms with Crippen LogP contribution in [0.4, 0.5) is 4.79 Å². The van der Waals surface area contributed by atoms with E-state index in [1.165, 1.54) is 16.2 Å². The highest BCUT2D eigenvalue weighted by molar-refractivity contribution is 7.13. The highest BCUT2D eigenvalue weighted by atomic mass is 32.1. The first-order valence-electron chi connectivity index (χ1n) is 8.05. The molecular formula is C16H21N3O4S. The van der Waals surface area contributed by atoms with E-state index >= 15 is 0 Å². The van der Waals surface area contributed by atoms with Crippen LogP contribution >= 0.6 is 11.3 Å². The summed E-state index contributed by atoms with van der Waals surface area (Å²) in [4.78, 5) is 42.5. The Morgan fingerprint density at radius 3 is 2.88 bits per heavy atom. The van der Waals surface area contributed by atoms with E-state index in [9.17, 15) is 14.4 Å². The average Bonchev–Trinajstić information content (AvgIpc) is 3.04. The molecule has 0 radical (unpaired) electrons. The average molecular weight is 351 g/mol. The van der Waals surface area contributed by atoms with Crippen molar-refractivity contribution in [3.63, 3.8) is 0 Å². The van der Waals surface area contributed by atoms with Gasteiger partial charge in [-0.05, 0) is 11.8 Å². The van der Waals surface area contributed by atoms with Gasteiger partial charge in [0.2, 0.25) is 0 Å². The zero-order chi connectivity index (χ0) is 17.5. The number of ether oxygens (including phenoxy) is 1. The molecule has 3 rings (SSSR count). The van der Waals surface area contributed by atoms with Crippen molar-refractivity contribution in [2.24, 2.45) is 5.41 Å². The lowest BCUT2D eigenvalue weighted by atomic mass is 9.78. The molecule has 8 heteroatoms. The van der Waals surface area contributed by atoms with Crippen molar-refractivity contribution < 1.29 is 19.1 Å². The zero-order valence-electron chi connectivity index (χ0n) is 14.0. The number of hydrogen-bond acceptors (Lipinski definition) is 6. The zero-order valence-corrected chi connectivity index (χ0v) is 14.9. The van der Waals surface area contributed by atoms with Gasteiger partial charge in [-0.2, -0.15) is 0 Å². The lowest BCUT2D eigenvalue weighted by Gasteiger charge is -2.26. The predicted molar refractivity (Wildman–Crippen MR) is 87.7 cm³/mol. The van der Waals surface area contributed by atoms with Crippen LogP contribution in [0.1, 0.15) is 54.0 Å². The van der Waals surface area contributed by atoms with Gasteiger partial charge in [-0.25, -0.2) is 9.78 Å². The quantitative estimate of drug-likeness (QED) is 0.839. The number of carbonyl (C=O) groups is 3. The Morgan fingerprint density at radius 1 is 1.42 bits per heavy atom. The van der Waals surface area contributed by atoms with Crippen LogP contribution in [-0.2, 0) is 22.5 Å². The van der Waals surface area contributed by atoms with Crippen LogP contribution in [0.25, 0.3) is 0 Å². The van der Waals surface area contributed by atoms with E-state index in [1.807, 2.05) is 0 Å². The first kappa shape index (κ1) is 16.9. The highest BCUT2D eigenvalue weighted by Gasteiger charge is 2.37. The molecule has 1 unspecified atom stereocenters. The van der Waals surface area contributed by atoms with Crippen LogP contribution < -0.4 is 5.32 Å². The molecule has 0 bridgehead atoms. The highest BCUT2D eigenvalue weighted by Crippen LogP contribution is 2.37. The van der Waals surface area contributed by atoms with Gasteiger partial charge < -0.3 is 10.1 Å². The Bertz CT molecular complexity index is 697. The molecule has 1 N–H and O–H groups in total. The molecule has 0 aromatic carbocycles. The number of carbonyl (C=O) groups excluding carboxylic acids is 3. The third-order valence-corrected chi connectivity index (χ3v) is 5.30. The molecule has 1 atom stereocenters. The van der Waals surface area contributed by atoms with Gasteiger partial charge in [0.1, 0.15) is 5.01 Å². The van der Waals surface area contributed by atoms with E-state index in [1.54, 1.807) is 6.92 Å². The maximum atomic E-state index is 12.3. The standard InChI is InChI=1S/C16H21N3O4S/c1-4-13(21)23-12-7-17-15(22)19(12)8-11-18-9-5-16(2,3)6-10(20)14(9)24-11/h12H,4-8H2,1-3H3,(H,17,22). The molecule has 0 spiro atoms. The molecule has 1 fully saturated rings. The van der Waals surface area contributed by atoms with Crippen molar-refractivity contribution in [3.05, 3.63) is 15.6 Å². The lowest BCUT2D eigenvalue weighted by molar-refractivity contribution is -0.154. The maximum absolute atomic E-state index is 12.3. The van der Waals surface area contributed by atoms with Gasteiger partial charge in [-0.3, -0.25) is 14.5 Å². The van der Waals surface area contributed by atoms with Gasteiger partial charge in [0.05, 0.1) is 23.7 Å². The fourth-order valence-electron chi connectivity index (χ4n) is 3.01. The van der Waals surface area contributed by atoms with E-state index in [4.69, 9.17) is 4.74 Å². The number of Topliss-reactive ketones (excluding diaryl/α,β-unsaturated/α-hetero) is 1. The van der Waals surface area contributed by atoms with Crippen molar-refractivity contribution in [1.29, 1.82) is 0 Å². The number of nitrogens with one attached hydrogen (secondary N) is 1. The number of urea groups is 1. The fraction of sp³-hybridized carbons (Fsp3) is 0.625. The minimum atomic E-state index is -0.627. The van der Waals surface area contributed by atoms with Gasteiger partial charge in [-0.1, -0.05) is 20.8 Å². The summed E-state index contributed by atoms with van der Waals surface area (Å²) in [7, 11) is 0. The van der Waals surface area contributed by atoms with E-state index in [-0.39, 0.29) is 42.7 Å². The SMILES string of the molecule is CCC(=O)OC1CNC(=O)N1Cc1nc2c(s1)C(=O)CC(C)(C)C2. The van der Waals surface area contributed by atoms with Gasteiger partial charge in [0.25, 0.3) is 0 Å². The number of aromatic nitrogens is 1. The summed E-state index contributed by atoms with van der Waals surface area (Å²) in [5.74, 6) is -0.235. The molecule has 2 aliphatic rings. The second-order valence-corrected chi connectivity index (χ2v) is 8.02. The number of fused-ring (bicyclic) bond motifs is 1. The van der Waals surface area contributed by atoms with Crippen molar-refractivity contribution >= 4 is 29.1 Å². The van der Waals surface area contributed by atoms with Gasteiger partial charge >= 0.3 is 12.0 Å². The number of amides is 2. The monoisotopic (exact) mass is 351 g/mol. The third-order valence-electron chi connectivity index (χ3n) is 4.18. The molecule has 7 nitrogen and oxygen atoms in total. The van der Waals surface area contributed by atoms with Crippen LogP contribution in [0.15, 0.2) is 0 Å². The molecule has 2 heterocycles. The van der Waals surface area contributed by atoms with E-state index in [0.29, 0.717) is 16.3 Å². The molecular weight excluding hydrogens is 330 g/mol. The molecule has 1 aromatic rings. The van der Waals surface area contributed by atoms with Crippen LogP contribution in [0.3, 0.4) is 0 Å². The first-order chi connectivity index (χ1) is 11.3. The molecule has 130 valence electrons. The molecule has 1 aromatic heterocycles. The Balaban J connectivity index is 1.77. The molecule has 0 saturated carbocycles. The number of esters is 1. The summed E-state index contributed by atoms with van der Waals surface area (Å²) in [6.07, 6.45) is 0.902. The second-order valence-electron chi connectivity index (χ2n) is 6.94. The topological polar surface area (TPSA) is 88.6 Å². The largest absolute Gasteiger partial charge is 0.439 e. The van der Waals surface area contributed by atoms with Crippen molar-refractivity contribution in [2.45, 2.75) is 52.8 Å². The Labute approximate surface area is 144 Å². The number of rotatable bonds is 4.